The molecule has 0 amide bonds. The highest BCUT2D eigenvalue weighted by atomic mass is 79.9. The summed E-state index contributed by atoms with van der Waals surface area (Å²) in [5.74, 6) is 1.73. The molecule has 1 saturated carbocycles. The number of ether oxygens (including phenoxy) is 2. The third-order valence-corrected chi connectivity index (χ3v) is 3.95. The predicted octanol–water partition coefficient (Wildman–Crippen LogP) is 3.51. The fraction of sp³-hybridized carbons (Fsp3) is 0.500. The molecule has 0 radical (unpaired) electrons. The largest absolute Gasteiger partial charge is 0.468 e. The minimum absolute atomic E-state index is 0.219. The van der Waals surface area contributed by atoms with Crippen LogP contribution >= 0.6 is 15.9 Å². The Labute approximate surface area is 116 Å². The van der Waals surface area contributed by atoms with Gasteiger partial charge in [-0.1, -0.05) is 28.9 Å². The number of Topliss-reactive ketones (excluding diaryl/α,β-unsaturated/α-hetero) is 1. The number of carbonyl (C=O) groups is 1. The number of ketones is 1. The van der Waals surface area contributed by atoms with E-state index in [9.17, 15) is 4.79 Å². The molecular formula is C14H17BrO3. The summed E-state index contributed by atoms with van der Waals surface area (Å²) < 4.78 is 11.2. The van der Waals surface area contributed by atoms with Gasteiger partial charge in [-0.2, -0.15) is 0 Å². The maximum absolute atomic E-state index is 11.6. The van der Waals surface area contributed by atoms with Crippen LogP contribution in [0.5, 0.6) is 5.75 Å². The molecule has 18 heavy (non-hydrogen) atoms. The molecule has 1 fully saturated rings. The van der Waals surface area contributed by atoms with Gasteiger partial charge in [0.2, 0.25) is 0 Å². The first kappa shape index (κ1) is 13.6. The maximum Gasteiger partial charge on any atom is 0.188 e. The minimum Gasteiger partial charge on any atom is -0.468 e. The molecule has 0 aliphatic heterocycles. The molecule has 0 heterocycles. The van der Waals surface area contributed by atoms with Crippen LogP contribution in [0.3, 0.4) is 0 Å². The van der Waals surface area contributed by atoms with Crippen molar-refractivity contribution in [2.24, 2.45) is 5.92 Å². The lowest BCUT2D eigenvalue weighted by atomic mass is 10.1. The quantitative estimate of drug-likeness (QED) is 0.754. The normalized spacial score (nSPS) is 21.7. The number of methoxy groups -OCH3 is 1. The van der Waals surface area contributed by atoms with Gasteiger partial charge in [0.25, 0.3) is 0 Å². The summed E-state index contributed by atoms with van der Waals surface area (Å²) in [7, 11) is 1.59. The van der Waals surface area contributed by atoms with E-state index in [1.807, 2.05) is 25.1 Å². The Morgan fingerprint density at radius 1 is 1.50 bits per heavy atom. The number of halogens is 1. The smallest absolute Gasteiger partial charge is 0.188 e. The summed E-state index contributed by atoms with van der Waals surface area (Å²) in [6.45, 7) is 2.17. The zero-order valence-corrected chi connectivity index (χ0v) is 12.2. The van der Waals surface area contributed by atoms with Gasteiger partial charge in [-0.25, -0.2) is 0 Å². The van der Waals surface area contributed by atoms with Crippen molar-refractivity contribution in [3.63, 3.8) is 0 Å². The number of hydrogen-bond donors (Lipinski definition) is 0. The van der Waals surface area contributed by atoms with Crippen LogP contribution in [0.15, 0.2) is 22.7 Å². The van der Waals surface area contributed by atoms with E-state index in [-0.39, 0.29) is 12.7 Å². The van der Waals surface area contributed by atoms with E-state index in [1.165, 1.54) is 5.56 Å². The van der Waals surface area contributed by atoms with Crippen molar-refractivity contribution in [1.82, 2.24) is 0 Å². The fourth-order valence-electron chi connectivity index (χ4n) is 2.18. The zero-order valence-electron chi connectivity index (χ0n) is 10.6. The molecule has 0 N–H and O–H groups in total. The molecule has 3 nitrogen and oxygen atoms in total. The Hall–Kier alpha value is -0.870. The highest BCUT2D eigenvalue weighted by Crippen LogP contribution is 2.50. The molecule has 0 saturated heterocycles. The molecule has 1 aromatic carbocycles. The van der Waals surface area contributed by atoms with Gasteiger partial charge in [0.1, 0.15) is 11.5 Å². The van der Waals surface area contributed by atoms with Gasteiger partial charge < -0.3 is 9.47 Å². The Bertz CT molecular complexity index is 445. The highest BCUT2D eigenvalue weighted by Gasteiger charge is 2.43. The molecule has 2 rings (SSSR count). The van der Waals surface area contributed by atoms with Crippen LogP contribution in [0, 0.1) is 5.92 Å². The summed E-state index contributed by atoms with van der Waals surface area (Å²) in [4.78, 5) is 11.6. The van der Waals surface area contributed by atoms with Crippen LogP contribution in [0.4, 0.5) is 0 Å². The third kappa shape index (κ3) is 2.93. The van der Waals surface area contributed by atoms with E-state index >= 15 is 0 Å². The first-order chi connectivity index (χ1) is 8.67. The average molecular weight is 313 g/mol. The standard InChI is InChI=1S/C14H17BrO3/c1-3-14(16)12-7-11(12)10-5-4-9(6-13(10)15)18-8-17-2/h4-6,11-12H,3,7-8H2,1-2H3. The summed E-state index contributed by atoms with van der Waals surface area (Å²) in [6.07, 6.45) is 1.61. The first-order valence-corrected chi connectivity index (χ1v) is 6.90. The van der Waals surface area contributed by atoms with Gasteiger partial charge >= 0.3 is 0 Å². The zero-order chi connectivity index (χ0) is 13.1. The van der Waals surface area contributed by atoms with Crippen LogP contribution in [0.2, 0.25) is 0 Å². The van der Waals surface area contributed by atoms with Gasteiger partial charge in [0.15, 0.2) is 6.79 Å². The number of benzene rings is 1. The molecule has 2 atom stereocenters. The van der Waals surface area contributed by atoms with Gasteiger partial charge in [-0.05, 0) is 30.0 Å². The van der Waals surface area contributed by atoms with Gasteiger partial charge in [-0.3, -0.25) is 4.79 Å². The molecule has 1 aliphatic rings. The van der Waals surface area contributed by atoms with Crippen LogP contribution in [0.25, 0.3) is 0 Å². The lowest BCUT2D eigenvalue weighted by Gasteiger charge is -2.08. The highest BCUT2D eigenvalue weighted by molar-refractivity contribution is 9.10. The second kappa shape index (κ2) is 5.85. The Kier molecular flexibility index (Phi) is 4.40. The minimum atomic E-state index is 0.219. The number of rotatable bonds is 6. The Balaban J connectivity index is 2.05. The van der Waals surface area contributed by atoms with Crippen molar-refractivity contribution in [3.05, 3.63) is 28.2 Å². The second-order valence-corrected chi connectivity index (χ2v) is 5.36. The van der Waals surface area contributed by atoms with Crippen LogP contribution in [-0.2, 0) is 9.53 Å². The molecule has 4 heteroatoms. The summed E-state index contributed by atoms with van der Waals surface area (Å²) in [5.41, 5.74) is 1.20. The molecule has 1 aliphatic carbocycles. The number of hydrogen-bond acceptors (Lipinski definition) is 3. The summed E-state index contributed by atoms with van der Waals surface area (Å²) >= 11 is 3.55. The van der Waals surface area contributed by atoms with E-state index in [4.69, 9.17) is 9.47 Å². The topological polar surface area (TPSA) is 35.5 Å². The fourth-order valence-corrected chi connectivity index (χ4v) is 2.83. The maximum atomic E-state index is 11.6. The van der Waals surface area contributed by atoms with Crippen molar-refractivity contribution in [2.75, 3.05) is 13.9 Å². The summed E-state index contributed by atoms with van der Waals surface area (Å²) in [6, 6.07) is 5.88. The summed E-state index contributed by atoms with van der Waals surface area (Å²) in [5, 5.41) is 0. The van der Waals surface area contributed by atoms with E-state index in [0.29, 0.717) is 18.1 Å². The van der Waals surface area contributed by atoms with Crippen molar-refractivity contribution in [1.29, 1.82) is 0 Å². The molecule has 0 bridgehead atoms. The Morgan fingerprint density at radius 2 is 2.28 bits per heavy atom. The van der Waals surface area contributed by atoms with E-state index < -0.39 is 0 Å². The van der Waals surface area contributed by atoms with Crippen LogP contribution < -0.4 is 4.74 Å². The predicted molar refractivity (Wildman–Crippen MR) is 72.8 cm³/mol. The SMILES string of the molecule is CCC(=O)C1CC1c1ccc(OCOC)cc1Br. The van der Waals surface area contributed by atoms with Crippen LogP contribution in [0.1, 0.15) is 31.2 Å². The van der Waals surface area contributed by atoms with Crippen molar-refractivity contribution in [3.8, 4) is 5.75 Å². The van der Waals surface area contributed by atoms with Gasteiger partial charge in [0, 0.05) is 23.9 Å². The molecule has 0 aromatic heterocycles. The molecule has 1 aromatic rings. The van der Waals surface area contributed by atoms with Crippen LogP contribution in [-0.4, -0.2) is 19.7 Å². The average Bonchev–Trinajstić information content (AvgIpc) is 3.15. The molecule has 0 spiro atoms. The molecule has 98 valence electrons. The van der Waals surface area contributed by atoms with Crippen molar-refractivity contribution in [2.45, 2.75) is 25.7 Å². The monoisotopic (exact) mass is 312 g/mol. The van der Waals surface area contributed by atoms with E-state index in [0.717, 1.165) is 16.6 Å². The van der Waals surface area contributed by atoms with E-state index in [2.05, 4.69) is 15.9 Å². The van der Waals surface area contributed by atoms with Crippen molar-refractivity contribution >= 4 is 21.7 Å². The van der Waals surface area contributed by atoms with Crippen molar-refractivity contribution < 1.29 is 14.3 Å². The van der Waals surface area contributed by atoms with E-state index in [1.54, 1.807) is 7.11 Å². The lowest BCUT2D eigenvalue weighted by molar-refractivity contribution is -0.120. The molecule has 2 unspecified atom stereocenters. The van der Waals surface area contributed by atoms with Gasteiger partial charge in [-0.15, -0.1) is 0 Å². The number of carbonyl (C=O) groups excluding carboxylic acids is 1. The lowest BCUT2D eigenvalue weighted by Crippen LogP contribution is -2.01. The van der Waals surface area contributed by atoms with Gasteiger partial charge in [0.05, 0.1) is 0 Å². The first-order valence-electron chi connectivity index (χ1n) is 6.11. The Morgan fingerprint density at radius 3 is 2.89 bits per heavy atom. The third-order valence-electron chi connectivity index (χ3n) is 3.27. The second-order valence-electron chi connectivity index (χ2n) is 4.50. The molecular weight excluding hydrogens is 296 g/mol.